The van der Waals surface area contributed by atoms with Crippen molar-refractivity contribution in [3.8, 4) is 22.3 Å². The van der Waals surface area contributed by atoms with Gasteiger partial charge in [-0.25, -0.2) is 0 Å². The average Bonchev–Trinajstić information content (AvgIpc) is 3.95. The van der Waals surface area contributed by atoms with Gasteiger partial charge in [-0.1, -0.05) is 146 Å². The molecular weight excluding hydrogens is 723 g/mol. The Kier molecular flexibility index (Phi) is 7.35. The van der Waals surface area contributed by atoms with Crippen LogP contribution in [0.5, 0.6) is 0 Å². The van der Waals surface area contributed by atoms with Crippen LogP contribution in [0.4, 0.5) is 17.1 Å². The highest BCUT2D eigenvalue weighted by molar-refractivity contribution is 7.25. The highest BCUT2D eigenvalue weighted by atomic mass is 32.1. The minimum atomic E-state index is -0.445. The molecular formula is C55H35NOS. The molecule has 11 aromatic rings. The molecule has 0 fully saturated rings. The number of hydrogen-bond donors (Lipinski definition) is 0. The predicted molar refractivity (Wildman–Crippen MR) is 244 cm³/mol. The van der Waals surface area contributed by atoms with E-state index in [1.54, 1.807) is 0 Å². The smallest absolute Gasteiger partial charge is 0.137 e. The maximum atomic E-state index is 6.34. The second-order valence-electron chi connectivity index (χ2n) is 15.2. The Morgan fingerprint density at radius 2 is 1.00 bits per heavy atom. The number of fused-ring (bicyclic) bond motifs is 9. The second-order valence-corrected chi connectivity index (χ2v) is 16.3. The zero-order chi connectivity index (χ0) is 38.2. The molecule has 0 bridgehead atoms. The van der Waals surface area contributed by atoms with E-state index in [-0.39, 0.29) is 0 Å². The monoisotopic (exact) mass is 757 g/mol. The van der Waals surface area contributed by atoms with Gasteiger partial charge in [-0.15, -0.1) is 11.3 Å². The van der Waals surface area contributed by atoms with Crippen LogP contribution in [0.2, 0.25) is 0 Å². The number of para-hydroxylation sites is 2. The first-order valence-electron chi connectivity index (χ1n) is 19.8. The Bertz CT molecular complexity index is 3300. The Balaban J connectivity index is 1.01. The van der Waals surface area contributed by atoms with E-state index in [1.807, 2.05) is 23.5 Å². The lowest BCUT2D eigenvalue weighted by atomic mass is 9.67. The highest BCUT2D eigenvalue weighted by Gasteiger charge is 2.46. The van der Waals surface area contributed by atoms with Crippen LogP contribution in [-0.2, 0) is 5.41 Å². The quantitative estimate of drug-likeness (QED) is 0.168. The Morgan fingerprint density at radius 1 is 0.379 bits per heavy atom. The van der Waals surface area contributed by atoms with Gasteiger partial charge in [0.25, 0.3) is 0 Å². The number of thiophene rings is 1. The van der Waals surface area contributed by atoms with Gasteiger partial charge in [-0.3, -0.25) is 0 Å². The largest absolute Gasteiger partial charge is 0.456 e. The molecule has 0 unspecified atom stereocenters. The van der Waals surface area contributed by atoms with Crippen molar-refractivity contribution in [2.24, 2.45) is 0 Å². The molecule has 1 aliphatic carbocycles. The summed E-state index contributed by atoms with van der Waals surface area (Å²) in [4.78, 5) is 2.31. The van der Waals surface area contributed by atoms with Crippen molar-refractivity contribution < 1.29 is 4.42 Å². The molecule has 0 amide bonds. The minimum Gasteiger partial charge on any atom is -0.456 e. The fourth-order valence-electron chi connectivity index (χ4n) is 9.68. The summed E-state index contributed by atoms with van der Waals surface area (Å²) in [7, 11) is 0. The van der Waals surface area contributed by atoms with Gasteiger partial charge in [0.2, 0.25) is 0 Å². The molecule has 0 saturated heterocycles. The summed E-state index contributed by atoms with van der Waals surface area (Å²) >= 11 is 1.88. The van der Waals surface area contributed by atoms with Crippen molar-refractivity contribution in [1.82, 2.24) is 0 Å². The molecule has 2 heterocycles. The van der Waals surface area contributed by atoms with Gasteiger partial charge < -0.3 is 9.32 Å². The molecule has 0 N–H and O–H groups in total. The molecule has 0 saturated carbocycles. The van der Waals surface area contributed by atoms with Crippen molar-refractivity contribution in [3.63, 3.8) is 0 Å². The standard InChI is InChI=1S/C55H35NOS/c1-3-14-37(15-4-1)55(48-22-10-7-18-43(48)44-19-8-11-23-49(44)55)38-28-33-52-47(34-38)54-42(21-13-25-53(54)58-52)36-26-29-40(30-27-36)56(39-16-5-2-6-17-39)41-31-32-46-45-20-9-12-24-50(45)57-51(46)35-41/h1-35H. The first kappa shape index (κ1) is 33.0. The van der Waals surface area contributed by atoms with E-state index in [2.05, 4.69) is 205 Å². The summed E-state index contributed by atoms with van der Waals surface area (Å²) < 4.78 is 8.93. The third-order valence-electron chi connectivity index (χ3n) is 12.2. The van der Waals surface area contributed by atoms with Crippen molar-refractivity contribution in [1.29, 1.82) is 0 Å². The Labute approximate surface area is 340 Å². The number of nitrogens with zero attached hydrogens (tertiary/aromatic N) is 1. The Morgan fingerprint density at radius 3 is 1.78 bits per heavy atom. The van der Waals surface area contributed by atoms with Gasteiger partial charge in [0.05, 0.1) is 5.41 Å². The Hall–Kier alpha value is -7.20. The van der Waals surface area contributed by atoms with Crippen LogP contribution in [0.15, 0.2) is 217 Å². The van der Waals surface area contributed by atoms with E-state index in [9.17, 15) is 0 Å². The molecule has 3 heteroatoms. The van der Waals surface area contributed by atoms with Crippen molar-refractivity contribution in [2.45, 2.75) is 5.41 Å². The third kappa shape index (κ3) is 4.84. The summed E-state index contributed by atoms with van der Waals surface area (Å²) in [6, 6.07) is 77.5. The summed E-state index contributed by atoms with van der Waals surface area (Å²) in [5.74, 6) is 0. The van der Waals surface area contributed by atoms with Crippen LogP contribution in [0, 0.1) is 0 Å². The van der Waals surface area contributed by atoms with Gasteiger partial charge in [0.15, 0.2) is 0 Å². The molecule has 0 atom stereocenters. The summed E-state index contributed by atoms with van der Waals surface area (Å²) in [5, 5.41) is 4.85. The fourth-order valence-corrected chi connectivity index (χ4v) is 10.8. The summed E-state index contributed by atoms with van der Waals surface area (Å²) in [6.07, 6.45) is 0. The van der Waals surface area contributed by atoms with E-state index in [4.69, 9.17) is 4.42 Å². The van der Waals surface area contributed by atoms with Crippen molar-refractivity contribution >= 4 is 70.5 Å². The van der Waals surface area contributed by atoms with E-state index in [0.717, 1.165) is 39.0 Å². The van der Waals surface area contributed by atoms with Crippen LogP contribution in [0.3, 0.4) is 0 Å². The van der Waals surface area contributed by atoms with Crippen molar-refractivity contribution in [3.05, 3.63) is 235 Å². The molecule has 2 nitrogen and oxygen atoms in total. The second kappa shape index (κ2) is 12.9. The zero-order valence-corrected chi connectivity index (χ0v) is 32.3. The normalized spacial score (nSPS) is 13.0. The van der Waals surface area contributed by atoms with Gasteiger partial charge in [0.1, 0.15) is 11.2 Å². The zero-order valence-electron chi connectivity index (χ0n) is 31.5. The van der Waals surface area contributed by atoms with Gasteiger partial charge in [-0.2, -0.15) is 0 Å². The van der Waals surface area contributed by atoms with Gasteiger partial charge in [-0.05, 0) is 105 Å². The number of furan rings is 1. The maximum Gasteiger partial charge on any atom is 0.137 e. The molecule has 9 aromatic carbocycles. The SMILES string of the molecule is c1ccc(N(c2ccc(-c3cccc4sc5ccc(C6(c7ccccc7)c7ccccc7-c7ccccc76)cc5c34)cc2)c2ccc3c(c2)oc2ccccc23)cc1. The molecule has 0 aliphatic heterocycles. The molecule has 58 heavy (non-hydrogen) atoms. The number of hydrogen-bond acceptors (Lipinski definition) is 3. The predicted octanol–water partition coefficient (Wildman–Crippen LogP) is 15.5. The number of benzene rings is 9. The lowest BCUT2D eigenvalue weighted by Crippen LogP contribution is -2.28. The third-order valence-corrected chi connectivity index (χ3v) is 13.3. The first-order valence-corrected chi connectivity index (χ1v) is 20.6. The van der Waals surface area contributed by atoms with E-state index >= 15 is 0 Å². The highest BCUT2D eigenvalue weighted by Crippen LogP contribution is 2.57. The first-order chi connectivity index (χ1) is 28.8. The van der Waals surface area contributed by atoms with E-state index in [0.29, 0.717) is 0 Å². The van der Waals surface area contributed by atoms with Crippen LogP contribution in [0.25, 0.3) is 64.4 Å². The topological polar surface area (TPSA) is 16.4 Å². The van der Waals surface area contributed by atoms with Crippen LogP contribution < -0.4 is 4.90 Å². The fraction of sp³-hybridized carbons (Fsp3) is 0.0182. The number of rotatable bonds is 6. The molecule has 272 valence electrons. The maximum absolute atomic E-state index is 6.34. The van der Waals surface area contributed by atoms with Crippen LogP contribution in [0.1, 0.15) is 22.3 Å². The molecule has 0 spiro atoms. The molecule has 12 rings (SSSR count). The van der Waals surface area contributed by atoms with E-state index in [1.165, 1.54) is 64.7 Å². The van der Waals surface area contributed by atoms with Gasteiger partial charge in [0, 0.05) is 54.1 Å². The summed E-state index contributed by atoms with van der Waals surface area (Å²) in [5.41, 5.74) is 14.8. The van der Waals surface area contributed by atoms with E-state index < -0.39 is 5.41 Å². The minimum absolute atomic E-state index is 0.445. The summed E-state index contributed by atoms with van der Waals surface area (Å²) in [6.45, 7) is 0. The molecule has 2 aromatic heterocycles. The lowest BCUT2D eigenvalue weighted by Gasteiger charge is -2.34. The molecule has 0 radical (unpaired) electrons. The number of anilines is 3. The van der Waals surface area contributed by atoms with Crippen LogP contribution >= 0.6 is 11.3 Å². The average molecular weight is 758 g/mol. The molecule has 1 aliphatic rings. The van der Waals surface area contributed by atoms with Crippen LogP contribution in [-0.4, -0.2) is 0 Å². The van der Waals surface area contributed by atoms with Gasteiger partial charge >= 0.3 is 0 Å². The lowest BCUT2D eigenvalue weighted by molar-refractivity contribution is 0.669. The van der Waals surface area contributed by atoms with Crippen molar-refractivity contribution in [2.75, 3.05) is 4.90 Å².